The number of hydrogen-bond donors (Lipinski definition) is 2. The summed E-state index contributed by atoms with van der Waals surface area (Å²) >= 11 is 0. The van der Waals surface area contributed by atoms with E-state index in [-0.39, 0.29) is 23.4 Å². The standard InChI is InChI=1S/C14H27N3O3S/c1-9(2)13(8-17(5)6)16-21(18,19)14-11(4)20-10(3)12(14)7-15/h9,13,16H,7-8,15H2,1-6H3. The zero-order valence-electron chi connectivity index (χ0n) is 13.7. The average molecular weight is 317 g/mol. The van der Waals surface area contributed by atoms with Gasteiger partial charge in [0, 0.05) is 24.7 Å². The lowest BCUT2D eigenvalue weighted by Crippen LogP contribution is -2.45. The van der Waals surface area contributed by atoms with Crippen molar-refractivity contribution in [3.8, 4) is 0 Å². The summed E-state index contributed by atoms with van der Waals surface area (Å²) < 4.78 is 33.6. The number of nitrogens with zero attached hydrogens (tertiary/aromatic N) is 1. The molecule has 0 fully saturated rings. The normalized spacial score (nSPS) is 14.1. The molecular weight excluding hydrogens is 290 g/mol. The lowest BCUT2D eigenvalue weighted by molar-refractivity contribution is 0.314. The highest BCUT2D eigenvalue weighted by atomic mass is 32.2. The molecule has 0 saturated carbocycles. The number of nitrogens with one attached hydrogen (secondary N) is 1. The summed E-state index contributed by atoms with van der Waals surface area (Å²) in [6.07, 6.45) is 0. The molecule has 0 aromatic carbocycles. The van der Waals surface area contributed by atoms with Crippen molar-refractivity contribution in [2.24, 2.45) is 11.7 Å². The average Bonchev–Trinajstić information content (AvgIpc) is 2.62. The summed E-state index contributed by atoms with van der Waals surface area (Å²) in [6, 6.07) is -0.176. The Morgan fingerprint density at radius 2 is 1.81 bits per heavy atom. The van der Waals surface area contributed by atoms with Crippen LogP contribution in [0.2, 0.25) is 0 Å². The van der Waals surface area contributed by atoms with Crippen LogP contribution in [0.15, 0.2) is 9.31 Å². The van der Waals surface area contributed by atoms with Crippen LogP contribution in [0.1, 0.15) is 30.9 Å². The van der Waals surface area contributed by atoms with E-state index in [1.54, 1.807) is 13.8 Å². The van der Waals surface area contributed by atoms with Crippen LogP contribution in [0.5, 0.6) is 0 Å². The van der Waals surface area contributed by atoms with Crippen molar-refractivity contribution in [1.82, 2.24) is 9.62 Å². The van der Waals surface area contributed by atoms with E-state index in [1.165, 1.54) is 0 Å². The summed E-state index contributed by atoms with van der Waals surface area (Å²) in [5, 5.41) is 0. The molecule has 0 radical (unpaired) electrons. The fourth-order valence-corrected chi connectivity index (χ4v) is 4.17. The Balaban J connectivity index is 3.16. The van der Waals surface area contributed by atoms with Crippen molar-refractivity contribution < 1.29 is 12.8 Å². The Morgan fingerprint density at radius 3 is 2.24 bits per heavy atom. The first-order chi connectivity index (χ1) is 9.60. The van der Waals surface area contributed by atoms with Gasteiger partial charge in [0.25, 0.3) is 0 Å². The van der Waals surface area contributed by atoms with Gasteiger partial charge in [-0.2, -0.15) is 0 Å². The van der Waals surface area contributed by atoms with E-state index in [9.17, 15) is 8.42 Å². The van der Waals surface area contributed by atoms with Gasteiger partial charge in [-0.15, -0.1) is 0 Å². The van der Waals surface area contributed by atoms with Crippen LogP contribution in [-0.2, 0) is 16.6 Å². The molecule has 21 heavy (non-hydrogen) atoms. The lowest BCUT2D eigenvalue weighted by Gasteiger charge is -2.25. The first kappa shape index (κ1) is 18.2. The minimum absolute atomic E-state index is 0.138. The van der Waals surface area contributed by atoms with Gasteiger partial charge in [0.05, 0.1) is 0 Å². The summed E-state index contributed by atoms with van der Waals surface area (Å²) in [5.74, 6) is 1.12. The van der Waals surface area contributed by atoms with Gasteiger partial charge in [0.2, 0.25) is 10.0 Å². The summed E-state index contributed by atoms with van der Waals surface area (Å²) in [4.78, 5) is 2.15. The first-order valence-electron chi connectivity index (χ1n) is 7.06. The Bertz CT molecular complexity index is 577. The molecule has 0 saturated heterocycles. The zero-order valence-corrected chi connectivity index (χ0v) is 14.5. The second-order valence-corrected chi connectivity index (χ2v) is 7.61. The highest BCUT2D eigenvalue weighted by molar-refractivity contribution is 7.89. The Kier molecular flexibility index (Phi) is 5.98. The minimum Gasteiger partial charge on any atom is -0.465 e. The molecule has 0 amide bonds. The maximum Gasteiger partial charge on any atom is 0.244 e. The van der Waals surface area contributed by atoms with Crippen LogP contribution >= 0.6 is 0 Å². The van der Waals surface area contributed by atoms with Crippen LogP contribution in [-0.4, -0.2) is 40.0 Å². The number of likely N-dealkylation sites (N-methyl/N-ethyl adjacent to an activating group) is 1. The van der Waals surface area contributed by atoms with Gasteiger partial charge in [-0.05, 0) is 33.9 Å². The van der Waals surface area contributed by atoms with E-state index in [2.05, 4.69) is 4.72 Å². The smallest absolute Gasteiger partial charge is 0.244 e. The Morgan fingerprint density at radius 1 is 1.24 bits per heavy atom. The molecule has 1 unspecified atom stereocenters. The summed E-state index contributed by atoms with van der Waals surface area (Å²) in [5.41, 5.74) is 6.22. The van der Waals surface area contributed by atoms with Crippen molar-refractivity contribution >= 4 is 10.0 Å². The largest absolute Gasteiger partial charge is 0.465 e. The van der Waals surface area contributed by atoms with Crippen molar-refractivity contribution in [3.05, 3.63) is 17.1 Å². The number of sulfonamides is 1. The van der Waals surface area contributed by atoms with E-state index in [0.717, 1.165) is 0 Å². The van der Waals surface area contributed by atoms with E-state index in [1.807, 2.05) is 32.8 Å². The molecule has 7 heteroatoms. The molecule has 0 aliphatic heterocycles. The van der Waals surface area contributed by atoms with Gasteiger partial charge in [0.15, 0.2) is 0 Å². The van der Waals surface area contributed by atoms with Crippen LogP contribution in [0, 0.1) is 19.8 Å². The molecule has 1 rings (SSSR count). The fourth-order valence-electron chi connectivity index (χ4n) is 2.33. The first-order valence-corrected chi connectivity index (χ1v) is 8.54. The molecule has 0 bridgehead atoms. The zero-order chi connectivity index (χ0) is 16.4. The Labute approximate surface area is 127 Å². The second-order valence-electron chi connectivity index (χ2n) is 5.96. The van der Waals surface area contributed by atoms with E-state index >= 15 is 0 Å². The SMILES string of the molecule is Cc1oc(C)c(S(=O)(=O)NC(CN(C)C)C(C)C)c1CN. The predicted molar refractivity (Wildman–Crippen MR) is 83.6 cm³/mol. The van der Waals surface area contributed by atoms with Crippen molar-refractivity contribution in [2.45, 2.75) is 45.2 Å². The molecule has 122 valence electrons. The number of furan rings is 1. The van der Waals surface area contributed by atoms with Gasteiger partial charge in [0.1, 0.15) is 16.4 Å². The molecular formula is C14H27N3O3S. The lowest BCUT2D eigenvalue weighted by atomic mass is 10.1. The van der Waals surface area contributed by atoms with Crippen LogP contribution < -0.4 is 10.5 Å². The summed E-state index contributed by atoms with van der Waals surface area (Å²) in [7, 11) is 0.185. The van der Waals surface area contributed by atoms with Gasteiger partial charge >= 0.3 is 0 Å². The van der Waals surface area contributed by atoms with E-state index in [0.29, 0.717) is 23.6 Å². The maximum absolute atomic E-state index is 12.7. The number of nitrogens with two attached hydrogens (primary N) is 1. The second kappa shape index (κ2) is 6.91. The highest BCUT2D eigenvalue weighted by Crippen LogP contribution is 2.26. The third kappa shape index (κ3) is 4.29. The number of hydrogen-bond acceptors (Lipinski definition) is 5. The predicted octanol–water partition coefficient (Wildman–Crippen LogP) is 1.22. The molecule has 0 aliphatic carbocycles. The molecule has 1 aromatic rings. The molecule has 3 N–H and O–H groups in total. The topological polar surface area (TPSA) is 88.6 Å². The van der Waals surface area contributed by atoms with Crippen LogP contribution in [0.3, 0.4) is 0 Å². The highest BCUT2D eigenvalue weighted by Gasteiger charge is 2.29. The van der Waals surface area contributed by atoms with Crippen LogP contribution in [0.4, 0.5) is 0 Å². The molecule has 6 nitrogen and oxygen atoms in total. The van der Waals surface area contributed by atoms with Crippen molar-refractivity contribution in [1.29, 1.82) is 0 Å². The molecule has 1 atom stereocenters. The van der Waals surface area contributed by atoms with E-state index < -0.39 is 10.0 Å². The minimum atomic E-state index is -3.65. The van der Waals surface area contributed by atoms with Crippen molar-refractivity contribution in [3.63, 3.8) is 0 Å². The maximum atomic E-state index is 12.7. The van der Waals surface area contributed by atoms with Gasteiger partial charge in [-0.25, -0.2) is 13.1 Å². The molecule has 0 spiro atoms. The number of rotatable bonds is 7. The molecule has 1 heterocycles. The summed E-state index contributed by atoms with van der Waals surface area (Å²) in [6.45, 7) is 8.14. The quantitative estimate of drug-likeness (QED) is 0.789. The monoisotopic (exact) mass is 317 g/mol. The third-order valence-electron chi connectivity index (χ3n) is 3.47. The van der Waals surface area contributed by atoms with Gasteiger partial charge < -0.3 is 15.1 Å². The van der Waals surface area contributed by atoms with Crippen LogP contribution in [0.25, 0.3) is 0 Å². The van der Waals surface area contributed by atoms with E-state index in [4.69, 9.17) is 10.2 Å². The molecule has 1 aromatic heterocycles. The molecule has 0 aliphatic rings. The van der Waals surface area contributed by atoms with Gasteiger partial charge in [-0.1, -0.05) is 13.8 Å². The van der Waals surface area contributed by atoms with Gasteiger partial charge in [-0.3, -0.25) is 0 Å². The number of aryl methyl sites for hydroxylation is 2. The fraction of sp³-hybridized carbons (Fsp3) is 0.714. The van der Waals surface area contributed by atoms with Crippen molar-refractivity contribution in [2.75, 3.05) is 20.6 Å². The Hall–Kier alpha value is -0.890. The third-order valence-corrected chi connectivity index (χ3v) is 5.16.